The fourth-order valence-corrected chi connectivity index (χ4v) is 2.25. The lowest BCUT2D eigenvalue weighted by Crippen LogP contribution is -2.15. The van der Waals surface area contributed by atoms with Crippen molar-refractivity contribution in [2.75, 3.05) is 11.9 Å². The van der Waals surface area contributed by atoms with Crippen molar-refractivity contribution in [1.82, 2.24) is 0 Å². The first-order valence-electron chi connectivity index (χ1n) is 7.25. The molecule has 0 saturated heterocycles. The molecule has 0 aliphatic heterocycles. The number of rotatable bonds is 9. The number of hydrogen-bond acceptors (Lipinski definition) is 4. The predicted molar refractivity (Wildman–Crippen MR) is 81.9 cm³/mol. The Morgan fingerprint density at radius 1 is 1.43 bits per heavy atom. The van der Waals surface area contributed by atoms with Crippen LogP contribution >= 0.6 is 0 Å². The Morgan fingerprint density at radius 3 is 2.67 bits per heavy atom. The van der Waals surface area contributed by atoms with Gasteiger partial charge in [0.1, 0.15) is 11.3 Å². The summed E-state index contributed by atoms with van der Waals surface area (Å²) < 4.78 is 0. The molecule has 2 N–H and O–H groups in total. The zero-order chi connectivity index (χ0) is 15.8. The number of carboxylic acid groups (broad SMARTS) is 1. The maximum absolute atomic E-state index is 11.1. The molecule has 6 nitrogen and oxygen atoms in total. The molecule has 1 atom stereocenters. The van der Waals surface area contributed by atoms with Crippen molar-refractivity contribution in [2.45, 2.75) is 39.5 Å². The van der Waals surface area contributed by atoms with Gasteiger partial charge < -0.3 is 10.4 Å². The zero-order valence-corrected chi connectivity index (χ0v) is 12.5. The van der Waals surface area contributed by atoms with Crippen molar-refractivity contribution >= 4 is 17.3 Å². The molecule has 0 saturated carbocycles. The molecule has 6 heteroatoms. The monoisotopic (exact) mass is 294 g/mol. The number of aromatic carboxylic acids is 1. The Hall–Kier alpha value is -2.11. The molecular formula is C15H22N2O4. The number of nitro groups is 1. The van der Waals surface area contributed by atoms with Crippen LogP contribution in [0.3, 0.4) is 0 Å². The maximum atomic E-state index is 11.1. The van der Waals surface area contributed by atoms with Crippen LogP contribution in [-0.4, -0.2) is 22.5 Å². The number of benzene rings is 1. The van der Waals surface area contributed by atoms with Gasteiger partial charge in [0.25, 0.3) is 0 Å². The van der Waals surface area contributed by atoms with E-state index in [9.17, 15) is 14.9 Å². The van der Waals surface area contributed by atoms with Crippen LogP contribution in [-0.2, 0) is 0 Å². The third-order valence-corrected chi connectivity index (χ3v) is 3.57. The molecule has 0 heterocycles. The van der Waals surface area contributed by atoms with E-state index < -0.39 is 10.9 Å². The Morgan fingerprint density at radius 2 is 2.14 bits per heavy atom. The van der Waals surface area contributed by atoms with Crippen LogP contribution in [0, 0.1) is 16.0 Å². The highest BCUT2D eigenvalue weighted by Gasteiger charge is 2.24. The number of nitro benzene ring substituents is 1. The van der Waals surface area contributed by atoms with E-state index in [-0.39, 0.29) is 16.9 Å². The molecule has 0 aliphatic carbocycles. The smallest absolute Gasteiger partial charge is 0.342 e. The lowest BCUT2D eigenvalue weighted by atomic mass is 9.99. The highest BCUT2D eigenvalue weighted by Crippen LogP contribution is 2.29. The standard InChI is InChI=1S/C15H22N2O4/c1-3-5-7-11(4-2)10-16-13-9-6-8-12(15(18)19)14(13)17(20)21/h6,8-9,11,16H,3-5,7,10H2,1-2H3,(H,18,19). The van der Waals surface area contributed by atoms with E-state index in [1.54, 1.807) is 6.07 Å². The van der Waals surface area contributed by atoms with Gasteiger partial charge in [0.05, 0.1) is 4.92 Å². The van der Waals surface area contributed by atoms with E-state index in [1.807, 2.05) is 0 Å². The summed E-state index contributed by atoms with van der Waals surface area (Å²) in [5.74, 6) is -0.860. The van der Waals surface area contributed by atoms with Gasteiger partial charge in [0, 0.05) is 6.54 Å². The number of hydrogen-bond donors (Lipinski definition) is 2. The summed E-state index contributed by atoms with van der Waals surface area (Å²) >= 11 is 0. The van der Waals surface area contributed by atoms with E-state index in [0.29, 0.717) is 12.5 Å². The minimum Gasteiger partial charge on any atom is -0.477 e. The fourth-order valence-electron chi connectivity index (χ4n) is 2.25. The first-order chi connectivity index (χ1) is 10.0. The molecule has 0 aromatic heterocycles. The molecular weight excluding hydrogens is 272 g/mol. The van der Waals surface area contributed by atoms with Crippen molar-refractivity contribution in [2.24, 2.45) is 5.92 Å². The van der Waals surface area contributed by atoms with Gasteiger partial charge in [-0.15, -0.1) is 0 Å². The Kier molecular flexibility index (Phi) is 6.65. The van der Waals surface area contributed by atoms with Crippen molar-refractivity contribution < 1.29 is 14.8 Å². The summed E-state index contributed by atoms with van der Waals surface area (Å²) in [4.78, 5) is 21.6. The first kappa shape index (κ1) is 16.9. The van der Waals surface area contributed by atoms with Gasteiger partial charge in [-0.1, -0.05) is 39.2 Å². The highest BCUT2D eigenvalue weighted by atomic mass is 16.6. The minimum atomic E-state index is -1.29. The SMILES string of the molecule is CCCCC(CC)CNc1cccc(C(=O)O)c1[N+](=O)[O-]. The van der Waals surface area contributed by atoms with Gasteiger partial charge in [0.15, 0.2) is 0 Å². The molecule has 21 heavy (non-hydrogen) atoms. The van der Waals surface area contributed by atoms with Crippen LogP contribution in [0.4, 0.5) is 11.4 Å². The van der Waals surface area contributed by atoms with Crippen molar-refractivity contribution in [3.63, 3.8) is 0 Å². The van der Waals surface area contributed by atoms with E-state index in [1.165, 1.54) is 12.1 Å². The normalized spacial score (nSPS) is 11.9. The molecule has 116 valence electrons. The topological polar surface area (TPSA) is 92.5 Å². The number of carboxylic acids is 1. The maximum Gasteiger partial charge on any atom is 0.342 e. The van der Waals surface area contributed by atoms with Gasteiger partial charge in [-0.3, -0.25) is 10.1 Å². The molecule has 1 aromatic rings. The van der Waals surface area contributed by atoms with Gasteiger partial charge in [-0.05, 0) is 24.5 Å². The van der Waals surface area contributed by atoms with E-state index >= 15 is 0 Å². The summed E-state index contributed by atoms with van der Waals surface area (Å²) in [7, 11) is 0. The highest BCUT2D eigenvalue weighted by molar-refractivity contribution is 5.95. The summed E-state index contributed by atoms with van der Waals surface area (Å²) in [6.45, 7) is 4.83. The largest absolute Gasteiger partial charge is 0.477 e. The molecule has 1 unspecified atom stereocenters. The van der Waals surface area contributed by atoms with E-state index in [2.05, 4.69) is 19.2 Å². The predicted octanol–water partition coefficient (Wildman–Crippen LogP) is 3.92. The summed E-state index contributed by atoms with van der Waals surface area (Å²) in [5, 5.41) is 23.2. The van der Waals surface area contributed by atoms with Crippen LogP contribution < -0.4 is 5.32 Å². The van der Waals surface area contributed by atoms with Gasteiger partial charge >= 0.3 is 11.7 Å². The van der Waals surface area contributed by atoms with Crippen molar-refractivity contribution in [3.8, 4) is 0 Å². The first-order valence-corrected chi connectivity index (χ1v) is 7.25. The minimum absolute atomic E-state index is 0.273. The molecule has 0 bridgehead atoms. The van der Waals surface area contributed by atoms with Crippen LogP contribution in [0.15, 0.2) is 18.2 Å². The van der Waals surface area contributed by atoms with Crippen LogP contribution in [0.2, 0.25) is 0 Å². The van der Waals surface area contributed by atoms with Crippen molar-refractivity contribution in [3.05, 3.63) is 33.9 Å². The molecule has 0 aliphatic rings. The number of para-hydroxylation sites is 1. The second-order valence-corrected chi connectivity index (χ2v) is 5.06. The van der Waals surface area contributed by atoms with Gasteiger partial charge in [-0.25, -0.2) is 4.79 Å². The number of carbonyl (C=O) groups is 1. The Labute approximate surface area is 124 Å². The fraction of sp³-hybridized carbons (Fsp3) is 0.533. The van der Waals surface area contributed by atoms with Gasteiger partial charge in [-0.2, -0.15) is 0 Å². The van der Waals surface area contributed by atoms with Crippen LogP contribution in [0.5, 0.6) is 0 Å². The average Bonchev–Trinajstić information content (AvgIpc) is 2.46. The molecule has 1 aromatic carbocycles. The Bertz CT molecular complexity index is 502. The van der Waals surface area contributed by atoms with Gasteiger partial charge in [0.2, 0.25) is 0 Å². The lowest BCUT2D eigenvalue weighted by Gasteiger charge is -2.16. The van der Waals surface area contributed by atoms with E-state index in [4.69, 9.17) is 5.11 Å². The molecule has 0 radical (unpaired) electrons. The average molecular weight is 294 g/mol. The number of nitrogens with zero attached hydrogens (tertiary/aromatic N) is 1. The molecule has 0 spiro atoms. The summed E-state index contributed by atoms with van der Waals surface area (Å²) in [5.41, 5.74) is -0.378. The molecule has 0 fully saturated rings. The lowest BCUT2D eigenvalue weighted by molar-refractivity contribution is -0.384. The van der Waals surface area contributed by atoms with E-state index in [0.717, 1.165) is 25.7 Å². The summed E-state index contributed by atoms with van der Waals surface area (Å²) in [6, 6.07) is 4.32. The molecule has 0 amide bonds. The number of nitrogens with one attached hydrogen (secondary N) is 1. The second kappa shape index (κ2) is 8.24. The summed E-state index contributed by atoms with van der Waals surface area (Å²) in [6.07, 6.45) is 4.29. The third kappa shape index (κ3) is 4.73. The molecule has 1 rings (SSSR count). The van der Waals surface area contributed by atoms with Crippen molar-refractivity contribution in [1.29, 1.82) is 0 Å². The second-order valence-electron chi connectivity index (χ2n) is 5.06. The van der Waals surface area contributed by atoms with Crippen LogP contribution in [0.1, 0.15) is 49.9 Å². The number of unbranched alkanes of at least 4 members (excludes halogenated alkanes) is 1. The quantitative estimate of drug-likeness (QED) is 0.532. The zero-order valence-electron chi connectivity index (χ0n) is 12.5. The Balaban J connectivity index is 2.90. The third-order valence-electron chi connectivity index (χ3n) is 3.57. The number of anilines is 1. The van der Waals surface area contributed by atoms with Crippen LogP contribution in [0.25, 0.3) is 0 Å².